The average molecular weight is 576 g/mol. The molecule has 2 aromatic rings. The molecule has 2 unspecified atom stereocenters. The number of carbonyl (C=O) groups is 4. The van der Waals surface area contributed by atoms with Crippen LogP contribution in [0.4, 0.5) is 0 Å². The van der Waals surface area contributed by atoms with Gasteiger partial charge in [0.2, 0.25) is 17.7 Å². The van der Waals surface area contributed by atoms with Crippen LogP contribution in [0.3, 0.4) is 0 Å². The Morgan fingerprint density at radius 1 is 1.05 bits per heavy atom. The molecule has 0 aromatic heterocycles. The maximum atomic E-state index is 13.8. The molecule has 2 saturated heterocycles. The number of amides is 4. The predicted octanol–water partition coefficient (Wildman–Crippen LogP) is 4.74. The number of rotatable bonds is 5. The van der Waals surface area contributed by atoms with Crippen LogP contribution in [0.25, 0.3) is 5.57 Å². The molecule has 8 nitrogen and oxygen atoms in total. The third-order valence-corrected chi connectivity index (χ3v) is 9.00. The van der Waals surface area contributed by atoms with Gasteiger partial charge >= 0.3 is 0 Å². The molecule has 9 heteroatoms. The van der Waals surface area contributed by atoms with Crippen molar-refractivity contribution in [2.45, 2.75) is 71.1 Å². The molecule has 3 heterocycles. The molecule has 4 amide bonds. The average Bonchev–Trinajstić information content (AvgIpc) is 3.52. The van der Waals surface area contributed by atoms with Crippen molar-refractivity contribution in [1.29, 1.82) is 0 Å². The summed E-state index contributed by atoms with van der Waals surface area (Å²) in [5.41, 5.74) is 4.51. The molecule has 0 bridgehead atoms. The van der Waals surface area contributed by atoms with E-state index < -0.39 is 11.9 Å². The van der Waals surface area contributed by atoms with Gasteiger partial charge in [-0.2, -0.15) is 0 Å². The van der Waals surface area contributed by atoms with Crippen molar-refractivity contribution >= 4 is 40.8 Å². The largest absolute Gasteiger partial charge is 0.489 e. The van der Waals surface area contributed by atoms with E-state index in [2.05, 4.69) is 19.2 Å². The Morgan fingerprint density at radius 2 is 1.83 bits per heavy atom. The van der Waals surface area contributed by atoms with Crippen molar-refractivity contribution in [3.8, 4) is 5.75 Å². The Labute approximate surface area is 244 Å². The highest BCUT2D eigenvalue weighted by molar-refractivity contribution is 6.30. The van der Waals surface area contributed by atoms with E-state index in [4.69, 9.17) is 16.3 Å². The summed E-state index contributed by atoms with van der Waals surface area (Å²) in [7, 11) is 0. The zero-order valence-electron chi connectivity index (χ0n) is 23.4. The number of halogens is 1. The maximum Gasteiger partial charge on any atom is 0.255 e. The first-order valence-electron chi connectivity index (χ1n) is 14.3. The molecule has 4 aliphatic rings. The lowest BCUT2D eigenvalue weighted by molar-refractivity contribution is -0.137. The molecule has 1 N–H and O–H groups in total. The van der Waals surface area contributed by atoms with Crippen LogP contribution in [0.15, 0.2) is 48.0 Å². The van der Waals surface area contributed by atoms with Crippen LogP contribution in [0.5, 0.6) is 5.75 Å². The number of nitrogens with zero attached hydrogens (tertiary/aromatic N) is 2. The minimum atomic E-state index is -0.649. The van der Waals surface area contributed by atoms with Crippen molar-refractivity contribution < 1.29 is 23.9 Å². The van der Waals surface area contributed by atoms with Crippen LogP contribution >= 0.6 is 11.6 Å². The molecular formula is C32H34ClN3O5. The zero-order valence-corrected chi connectivity index (χ0v) is 24.1. The van der Waals surface area contributed by atoms with Crippen molar-refractivity contribution in [3.63, 3.8) is 0 Å². The molecule has 6 rings (SSSR count). The molecule has 41 heavy (non-hydrogen) atoms. The normalized spacial score (nSPS) is 24.0. The second-order valence-corrected chi connectivity index (χ2v) is 12.7. The molecule has 1 aliphatic carbocycles. The van der Waals surface area contributed by atoms with E-state index in [9.17, 15) is 19.2 Å². The second-order valence-electron chi connectivity index (χ2n) is 12.3. The minimum absolute atomic E-state index is 0.0796. The summed E-state index contributed by atoms with van der Waals surface area (Å²) < 4.78 is 6.30. The summed E-state index contributed by atoms with van der Waals surface area (Å²) in [6.07, 6.45) is 3.66. The smallest absolute Gasteiger partial charge is 0.255 e. The number of imide groups is 1. The lowest BCUT2D eigenvalue weighted by Gasteiger charge is -2.34. The van der Waals surface area contributed by atoms with Gasteiger partial charge in [-0.1, -0.05) is 37.6 Å². The highest BCUT2D eigenvalue weighted by atomic mass is 35.5. The first-order valence-corrected chi connectivity index (χ1v) is 14.7. The zero-order chi connectivity index (χ0) is 28.9. The number of nitrogens with one attached hydrogen (secondary N) is 1. The van der Waals surface area contributed by atoms with Crippen molar-refractivity contribution in [3.05, 3.63) is 69.8 Å². The topological polar surface area (TPSA) is 96.0 Å². The fourth-order valence-electron chi connectivity index (χ4n) is 6.47. The van der Waals surface area contributed by atoms with Crippen LogP contribution in [0.1, 0.15) is 73.9 Å². The van der Waals surface area contributed by atoms with Gasteiger partial charge in [-0.15, -0.1) is 0 Å². The van der Waals surface area contributed by atoms with Crippen LogP contribution in [0.2, 0.25) is 5.02 Å². The number of carbonyl (C=O) groups excluding carboxylic acids is 4. The number of fused-ring (bicyclic) bond motifs is 1. The lowest BCUT2D eigenvalue weighted by Crippen LogP contribution is -2.52. The highest BCUT2D eigenvalue weighted by Gasteiger charge is 2.40. The Hall–Kier alpha value is -3.65. The number of likely N-dealkylation sites (tertiary alicyclic amines) is 1. The summed E-state index contributed by atoms with van der Waals surface area (Å²) >= 11 is 6.13. The van der Waals surface area contributed by atoms with Gasteiger partial charge in [-0.05, 0) is 78.1 Å². The van der Waals surface area contributed by atoms with Gasteiger partial charge in [-0.25, -0.2) is 0 Å². The van der Waals surface area contributed by atoms with E-state index in [0.29, 0.717) is 42.4 Å². The van der Waals surface area contributed by atoms with Crippen LogP contribution in [0, 0.1) is 5.41 Å². The Kier molecular flexibility index (Phi) is 7.14. The summed E-state index contributed by atoms with van der Waals surface area (Å²) in [5.74, 6) is -0.220. The van der Waals surface area contributed by atoms with Gasteiger partial charge in [0.1, 0.15) is 17.9 Å². The lowest BCUT2D eigenvalue weighted by atomic mass is 9.72. The summed E-state index contributed by atoms with van der Waals surface area (Å²) in [6, 6.07) is 12.5. The van der Waals surface area contributed by atoms with Crippen molar-refractivity contribution in [1.82, 2.24) is 15.1 Å². The fraction of sp³-hybridized carbons (Fsp3) is 0.438. The number of allylic oxidation sites excluding steroid dienone is 1. The van der Waals surface area contributed by atoms with E-state index in [1.807, 2.05) is 35.2 Å². The molecule has 214 valence electrons. The number of piperidine rings is 1. The van der Waals surface area contributed by atoms with E-state index in [1.165, 1.54) is 4.90 Å². The van der Waals surface area contributed by atoms with Gasteiger partial charge in [0.15, 0.2) is 0 Å². The predicted molar refractivity (Wildman–Crippen MR) is 154 cm³/mol. The molecule has 0 radical (unpaired) electrons. The molecule has 2 aromatic carbocycles. The molecule has 3 aliphatic heterocycles. The van der Waals surface area contributed by atoms with E-state index in [1.54, 1.807) is 12.1 Å². The SMILES string of the molecule is CC1(C)CCC(C(=O)N2CCC(Oc3ccc4c(c3)CN(C3CCC(=O)NC3=O)C4=O)C2)=C(c2ccc(Cl)cc2)C1. The molecule has 0 saturated carbocycles. The number of benzene rings is 2. The maximum absolute atomic E-state index is 13.8. The highest BCUT2D eigenvalue weighted by Crippen LogP contribution is 2.44. The van der Waals surface area contributed by atoms with E-state index >= 15 is 0 Å². The van der Waals surface area contributed by atoms with Crippen molar-refractivity contribution in [2.24, 2.45) is 5.41 Å². The summed E-state index contributed by atoms with van der Waals surface area (Å²) in [6.45, 7) is 5.91. The Morgan fingerprint density at radius 3 is 2.59 bits per heavy atom. The van der Waals surface area contributed by atoms with E-state index in [-0.39, 0.29) is 35.7 Å². The summed E-state index contributed by atoms with van der Waals surface area (Å²) in [4.78, 5) is 54.1. The van der Waals surface area contributed by atoms with Gasteiger partial charge in [-0.3, -0.25) is 24.5 Å². The van der Waals surface area contributed by atoms with Gasteiger partial charge in [0, 0.05) is 42.1 Å². The first kappa shape index (κ1) is 27.5. The van der Waals surface area contributed by atoms with Crippen LogP contribution in [-0.2, 0) is 20.9 Å². The molecule has 2 fully saturated rings. The number of hydrogen-bond donors (Lipinski definition) is 1. The Bertz CT molecular complexity index is 1460. The van der Waals surface area contributed by atoms with E-state index in [0.717, 1.165) is 48.0 Å². The fourth-order valence-corrected chi connectivity index (χ4v) is 6.59. The Balaban J connectivity index is 1.13. The minimum Gasteiger partial charge on any atom is -0.489 e. The first-order chi connectivity index (χ1) is 19.6. The van der Waals surface area contributed by atoms with Gasteiger partial charge in [0.25, 0.3) is 5.91 Å². The second kappa shape index (κ2) is 10.6. The van der Waals surface area contributed by atoms with Crippen LogP contribution in [-0.4, -0.2) is 58.7 Å². The molecule has 0 spiro atoms. The molecular weight excluding hydrogens is 542 g/mol. The third-order valence-electron chi connectivity index (χ3n) is 8.75. The van der Waals surface area contributed by atoms with Crippen molar-refractivity contribution in [2.75, 3.05) is 13.1 Å². The van der Waals surface area contributed by atoms with Gasteiger partial charge < -0.3 is 14.5 Å². The van der Waals surface area contributed by atoms with Crippen LogP contribution < -0.4 is 10.1 Å². The quantitative estimate of drug-likeness (QED) is 0.519. The molecule has 2 atom stereocenters. The third kappa shape index (κ3) is 5.49. The van der Waals surface area contributed by atoms with Gasteiger partial charge in [0.05, 0.1) is 6.54 Å². The number of hydrogen-bond acceptors (Lipinski definition) is 5. The monoisotopic (exact) mass is 575 g/mol. The summed E-state index contributed by atoms with van der Waals surface area (Å²) in [5, 5.41) is 3.01. The standard InChI is InChI=1S/C32H34ClN3O5/c1-32(2)13-11-25(26(16-32)19-3-5-21(33)6-4-19)30(39)35-14-12-23(18-35)41-22-7-8-24-20(15-22)17-36(31(24)40)27-9-10-28(37)34-29(27)38/h3-8,15,23,27H,9-14,16-18H2,1-2H3,(H,34,37,38). The number of ether oxygens (including phenoxy) is 1.